The van der Waals surface area contributed by atoms with Gasteiger partial charge in [0, 0.05) is 31.6 Å². The minimum atomic E-state index is -4.51. The van der Waals surface area contributed by atoms with Gasteiger partial charge in [-0.2, -0.15) is 17.5 Å². The molecule has 3 rings (SSSR count). The van der Waals surface area contributed by atoms with Crippen molar-refractivity contribution in [2.24, 2.45) is 0 Å². The minimum absolute atomic E-state index is 0.0253. The molecule has 1 aliphatic rings. The fourth-order valence-electron chi connectivity index (χ4n) is 3.51. The third kappa shape index (κ3) is 6.65. The van der Waals surface area contributed by atoms with Crippen LogP contribution >= 0.6 is 0 Å². The molecule has 2 N–H and O–H groups in total. The van der Waals surface area contributed by atoms with Crippen molar-refractivity contribution < 1.29 is 41.0 Å². The van der Waals surface area contributed by atoms with E-state index < -0.39 is 40.6 Å². The number of hydrogen-bond acceptors (Lipinski definition) is 6. The van der Waals surface area contributed by atoms with Crippen molar-refractivity contribution in [3.8, 4) is 5.75 Å². The SMILES string of the molecule is Cc1ccc(S(=O)(=O)N2CCC(CO)(OC(=O)Nc3ccc(OC(C)C(F)(F)F)cc3)CC2)cc1. The number of sulfonamides is 1. The van der Waals surface area contributed by atoms with Crippen LogP contribution in [0.2, 0.25) is 0 Å². The highest BCUT2D eigenvalue weighted by Gasteiger charge is 2.41. The lowest BCUT2D eigenvalue weighted by Gasteiger charge is -2.39. The predicted octanol–water partition coefficient (Wildman–Crippen LogP) is 4.09. The van der Waals surface area contributed by atoms with Crippen LogP contribution in [0.15, 0.2) is 53.4 Å². The Morgan fingerprint density at radius 2 is 1.69 bits per heavy atom. The molecular weight excluding hydrogens is 489 g/mol. The van der Waals surface area contributed by atoms with Crippen molar-refractivity contribution >= 4 is 21.8 Å². The Morgan fingerprint density at radius 1 is 1.11 bits per heavy atom. The number of halogens is 3. The summed E-state index contributed by atoms with van der Waals surface area (Å²) in [5.74, 6) is -0.0253. The maximum Gasteiger partial charge on any atom is 0.425 e. The van der Waals surface area contributed by atoms with Crippen LogP contribution in [0.1, 0.15) is 25.3 Å². The fraction of sp³-hybridized carbons (Fsp3) is 0.435. The van der Waals surface area contributed by atoms with E-state index in [1.54, 1.807) is 12.1 Å². The Hall–Kier alpha value is -2.83. The number of anilines is 1. The molecule has 0 bridgehead atoms. The van der Waals surface area contributed by atoms with E-state index >= 15 is 0 Å². The monoisotopic (exact) mass is 516 g/mol. The average molecular weight is 517 g/mol. The van der Waals surface area contributed by atoms with E-state index in [0.29, 0.717) is 0 Å². The maximum absolute atomic E-state index is 12.9. The standard InChI is InChI=1S/C23H27F3N2O6S/c1-16-3-9-20(10-4-16)35(31,32)28-13-11-22(15-29,12-14-28)34-21(30)27-18-5-7-19(8-6-18)33-17(2)23(24,25)26/h3-10,17,29H,11-15H2,1-2H3,(H,27,30). The second kappa shape index (κ2) is 10.4. The number of nitrogens with one attached hydrogen (secondary N) is 1. The Morgan fingerprint density at radius 3 is 2.20 bits per heavy atom. The largest absolute Gasteiger partial charge is 0.481 e. The molecule has 1 unspecified atom stereocenters. The third-order valence-electron chi connectivity index (χ3n) is 5.76. The van der Waals surface area contributed by atoms with Gasteiger partial charge in [0.2, 0.25) is 10.0 Å². The van der Waals surface area contributed by atoms with Crippen LogP contribution in [0, 0.1) is 6.92 Å². The number of piperidine rings is 1. The summed E-state index contributed by atoms with van der Waals surface area (Å²) >= 11 is 0. The molecule has 1 aliphatic heterocycles. The van der Waals surface area contributed by atoms with Gasteiger partial charge in [-0.25, -0.2) is 13.2 Å². The number of aryl methyl sites for hydroxylation is 1. The molecule has 0 saturated carbocycles. The first kappa shape index (κ1) is 26.8. The molecule has 0 aromatic heterocycles. The molecule has 192 valence electrons. The molecule has 8 nitrogen and oxygen atoms in total. The van der Waals surface area contributed by atoms with Crippen molar-refractivity contribution in [2.45, 2.75) is 49.5 Å². The van der Waals surface area contributed by atoms with Crippen molar-refractivity contribution in [3.63, 3.8) is 0 Å². The quantitative estimate of drug-likeness (QED) is 0.575. The van der Waals surface area contributed by atoms with E-state index in [-0.39, 0.29) is 42.3 Å². The van der Waals surface area contributed by atoms with Gasteiger partial charge in [0.05, 0.1) is 11.5 Å². The van der Waals surface area contributed by atoms with E-state index in [4.69, 9.17) is 9.47 Å². The minimum Gasteiger partial charge on any atom is -0.481 e. The number of carbonyl (C=O) groups is 1. The van der Waals surface area contributed by atoms with Crippen LogP contribution in [0.5, 0.6) is 5.75 Å². The van der Waals surface area contributed by atoms with Crippen LogP contribution in [0.4, 0.5) is 23.7 Å². The second-order valence-corrected chi connectivity index (χ2v) is 10.3. The number of carbonyl (C=O) groups excluding carboxylic acids is 1. The maximum atomic E-state index is 12.9. The first-order chi connectivity index (χ1) is 16.3. The zero-order valence-corrected chi connectivity index (χ0v) is 20.0. The molecule has 12 heteroatoms. The van der Waals surface area contributed by atoms with E-state index in [0.717, 1.165) is 12.5 Å². The highest BCUT2D eigenvalue weighted by molar-refractivity contribution is 7.89. The van der Waals surface area contributed by atoms with Crippen molar-refractivity contribution in [2.75, 3.05) is 25.0 Å². The normalized spacial score (nSPS) is 17.4. The zero-order valence-electron chi connectivity index (χ0n) is 19.2. The van der Waals surface area contributed by atoms with Crippen molar-refractivity contribution in [1.29, 1.82) is 0 Å². The number of aliphatic hydroxyl groups excluding tert-OH is 1. The number of nitrogens with zero attached hydrogens (tertiary/aromatic N) is 1. The number of amides is 1. The van der Waals surface area contributed by atoms with Crippen LogP contribution in [-0.4, -0.2) is 61.5 Å². The fourth-order valence-corrected chi connectivity index (χ4v) is 4.96. The highest BCUT2D eigenvalue weighted by atomic mass is 32.2. The Labute approximate surface area is 201 Å². The van der Waals surface area contributed by atoms with Gasteiger partial charge >= 0.3 is 12.3 Å². The Bertz CT molecular complexity index is 1110. The summed E-state index contributed by atoms with van der Waals surface area (Å²) in [5.41, 5.74) is -0.0944. The molecule has 1 saturated heterocycles. The topological polar surface area (TPSA) is 105 Å². The molecule has 0 aliphatic carbocycles. The van der Waals surface area contributed by atoms with Crippen molar-refractivity contribution in [1.82, 2.24) is 4.31 Å². The lowest BCUT2D eigenvalue weighted by atomic mass is 9.93. The Balaban J connectivity index is 1.57. The Kier molecular flexibility index (Phi) is 7.97. The summed E-state index contributed by atoms with van der Waals surface area (Å²) in [7, 11) is -3.72. The van der Waals surface area contributed by atoms with E-state index in [9.17, 15) is 31.5 Å². The summed E-state index contributed by atoms with van der Waals surface area (Å²) in [4.78, 5) is 12.6. The molecule has 35 heavy (non-hydrogen) atoms. The summed E-state index contributed by atoms with van der Waals surface area (Å²) in [6.45, 7) is 2.34. The zero-order chi connectivity index (χ0) is 25.9. The van der Waals surface area contributed by atoms with Crippen LogP contribution in [0.3, 0.4) is 0 Å². The predicted molar refractivity (Wildman–Crippen MR) is 122 cm³/mol. The summed E-state index contributed by atoms with van der Waals surface area (Å²) < 4.78 is 75.2. The number of rotatable bonds is 7. The molecule has 2 aromatic rings. The molecule has 1 amide bonds. The van der Waals surface area contributed by atoms with Crippen molar-refractivity contribution in [3.05, 3.63) is 54.1 Å². The number of ether oxygens (including phenoxy) is 2. The van der Waals surface area contributed by atoms with E-state index in [1.165, 1.54) is 40.7 Å². The number of benzene rings is 2. The molecule has 0 spiro atoms. The van der Waals surface area contributed by atoms with Gasteiger partial charge in [0.25, 0.3) is 0 Å². The lowest BCUT2D eigenvalue weighted by Crippen LogP contribution is -2.51. The van der Waals surface area contributed by atoms with E-state index in [1.807, 2.05) is 6.92 Å². The highest BCUT2D eigenvalue weighted by Crippen LogP contribution is 2.30. The second-order valence-electron chi connectivity index (χ2n) is 8.40. The van der Waals surface area contributed by atoms with Crippen LogP contribution in [-0.2, 0) is 14.8 Å². The lowest BCUT2D eigenvalue weighted by molar-refractivity contribution is -0.189. The molecule has 2 aromatic carbocycles. The summed E-state index contributed by atoms with van der Waals surface area (Å²) in [6.07, 6.45) is -7.20. The van der Waals surface area contributed by atoms with Gasteiger partial charge in [-0.1, -0.05) is 17.7 Å². The van der Waals surface area contributed by atoms with Gasteiger partial charge in [-0.05, 0) is 50.2 Å². The third-order valence-corrected chi connectivity index (χ3v) is 7.68. The van der Waals surface area contributed by atoms with E-state index in [2.05, 4.69) is 5.32 Å². The van der Waals surface area contributed by atoms with Crippen LogP contribution < -0.4 is 10.1 Å². The van der Waals surface area contributed by atoms with Crippen LogP contribution in [0.25, 0.3) is 0 Å². The summed E-state index contributed by atoms with van der Waals surface area (Å²) in [6, 6.07) is 11.7. The van der Waals surface area contributed by atoms with Gasteiger partial charge in [-0.15, -0.1) is 0 Å². The first-order valence-corrected chi connectivity index (χ1v) is 12.3. The molecular formula is C23H27F3N2O6S. The molecule has 1 atom stereocenters. The van der Waals surface area contributed by atoms with Gasteiger partial charge in [0.15, 0.2) is 6.10 Å². The molecule has 0 radical (unpaired) electrons. The smallest absolute Gasteiger partial charge is 0.425 e. The molecule has 1 fully saturated rings. The average Bonchev–Trinajstić information content (AvgIpc) is 2.80. The number of alkyl halides is 3. The summed E-state index contributed by atoms with van der Waals surface area (Å²) in [5, 5.41) is 12.3. The van der Waals surface area contributed by atoms with Gasteiger partial charge < -0.3 is 14.6 Å². The first-order valence-electron chi connectivity index (χ1n) is 10.9. The van der Waals surface area contributed by atoms with Gasteiger partial charge in [0.1, 0.15) is 11.4 Å². The van der Waals surface area contributed by atoms with Gasteiger partial charge in [-0.3, -0.25) is 5.32 Å². The number of hydrogen-bond donors (Lipinski definition) is 2. The number of aliphatic hydroxyl groups is 1. The molecule has 1 heterocycles.